The summed E-state index contributed by atoms with van der Waals surface area (Å²) in [5.41, 5.74) is 2.68. The Bertz CT molecular complexity index is 820. The molecule has 0 saturated carbocycles. The molecule has 0 spiro atoms. The maximum Gasteiger partial charge on any atom is 0.253 e. The fourth-order valence-corrected chi connectivity index (χ4v) is 3.16. The van der Waals surface area contributed by atoms with E-state index in [1.54, 1.807) is 16.6 Å². The van der Waals surface area contributed by atoms with E-state index in [4.69, 9.17) is 11.6 Å². The SMILES string of the molecule is Cc1cc(C)n2nc(SCC(O)c3cccc(Cl)c3)nc2n1. The molecule has 0 aliphatic carbocycles. The number of fused-ring (bicyclic) bond motifs is 1. The van der Waals surface area contributed by atoms with Gasteiger partial charge in [-0.15, -0.1) is 5.10 Å². The number of halogens is 1. The number of thioether (sulfide) groups is 1. The molecule has 1 unspecified atom stereocenters. The molecule has 1 aromatic carbocycles. The zero-order valence-electron chi connectivity index (χ0n) is 12.2. The summed E-state index contributed by atoms with van der Waals surface area (Å²) in [5, 5.41) is 15.8. The summed E-state index contributed by atoms with van der Waals surface area (Å²) in [6, 6.07) is 9.18. The number of hydrogen-bond donors (Lipinski definition) is 1. The summed E-state index contributed by atoms with van der Waals surface area (Å²) in [6.07, 6.45) is -0.619. The number of benzene rings is 1. The number of hydrogen-bond acceptors (Lipinski definition) is 5. The molecule has 0 aliphatic heterocycles. The van der Waals surface area contributed by atoms with E-state index in [1.807, 2.05) is 32.0 Å². The summed E-state index contributed by atoms with van der Waals surface area (Å²) in [4.78, 5) is 8.73. The van der Waals surface area contributed by atoms with Gasteiger partial charge in [-0.3, -0.25) is 0 Å². The van der Waals surface area contributed by atoms with Crippen LogP contribution in [0.25, 0.3) is 5.78 Å². The highest BCUT2D eigenvalue weighted by Gasteiger charge is 2.12. The van der Waals surface area contributed by atoms with Crippen LogP contribution in [0.3, 0.4) is 0 Å². The van der Waals surface area contributed by atoms with Crippen molar-refractivity contribution >= 4 is 29.1 Å². The molecule has 114 valence electrons. The molecule has 1 N–H and O–H groups in total. The van der Waals surface area contributed by atoms with E-state index in [-0.39, 0.29) is 0 Å². The van der Waals surface area contributed by atoms with Gasteiger partial charge < -0.3 is 5.11 Å². The van der Waals surface area contributed by atoms with Crippen LogP contribution >= 0.6 is 23.4 Å². The molecule has 22 heavy (non-hydrogen) atoms. The highest BCUT2D eigenvalue weighted by molar-refractivity contribution is 7.99. The molecule has 5 nitrogen and oxygen atoms in total. The Hall–Kier alpha value is -1.63. The molecule has 0 radical (unpaired) electrons. The number of nitrogens with zero attached hydrogens (tertiary/aromatic N) is 4. The molecule has 0 fully saturated rings. The van der Waals surface area contributed by atoms with Crippen LogP contribution in [0.5, 0.6) is 0 Å². The maximum atomic E-state index is 10.2. The highest BCUT2D eigenvalue weighted by atomic mass is 35.5. The fraction of sp³-hybridized carbons (Fsp3) is 0.267. The summed E-state index contributed by atoms with van der Waals surface area (Å²) in [6.45, 7) is 3.89. The van der Waals surface area contributed by atoms with Crippen LogP contribution in [0.1, 0.15) is 23.1 Å². The zero-order chi connectivity index (χ0) is 15.7. The minimum Gasteiger partial charge on any atom is -0.388 e. The summed E-state index contributed by atoms with van der Waals surface area (Å²) in [5.74, 6) is 1.03. The summed E-state index contributed by atoms with van der Waals surface area (Å²) < 4.78 is 1.71. The average molecular weight is 335 g/mol. The topological polar surface area (TPSA) is 63.3 Å². The quantitative estimate of drug-likeness (QED) is 0.742. The summed E-state index contributed by atoms with van der Waals surface area (Å²) >= 11 is 7.33. The first-order valence-corrected chi connectivity index (χ1v) is 8.16. The molecule has 2 heterocycles. The second kappa shape index (κ2) is 6.24. The largest absolute Gasteiger partial charge is 0.388 e. The molecular weight excluding hydrogens is 320 g/mol. The molecule has 3 aromatic rings. The van der Waals surface area contributed by atoms with Gasteiger partial charge in [-0.25, -0.2) is 9.50 Å². The van der Waals surface area contributed by atoms with Crippen molar-refractivity contribution in [3.8, 4) is 0 Å². The van der Waals surface area contributed by atoms with Gasteiger partial charge in [0.15, 0.2) is 0 Å². The number of aryl methyl sites for hydroxylation is 2. The standard InChI is InChI=1S/C15H15ClN4OS/c1-9-6-10(2)20-14(17-9)18-15(19-20)22-8-13(21)11-4-3-5-12(16)7-11/h3-7,13,21H,8H2,1-2H3. The van der Waals surface area contributed by atoms with Crippen molar-refractivity contribution in [2.75, 3.05) is 5.75 Å². The number of rotatable bonds is 4. The van der Waals surface area contributed by atoms with Gasteiger partial charge in [-0.05, 0) is 37.6 Å². The van der Waals surface area contributed by atoms with Crippen molar-refractivity contribution in [3.05, 3.63) is 52.3 Å². The van der Waals surface area contributed by atoms with Gasteiger partial charge in [-0.1, -0.05) is 35.5 Å². The predicted molar refractivity (Wildman–Crippen MR) is 87.4 cm³/mol. The molecule has 7 heteroatoms. The van der Waals surface area contributed by atoms with Crippen LogP contribution in [0.15, 0.2) is 35.5 Å². The van der Waals surface area contributed by atoms with Crippen LogP contribution in [0.2, 0.25) is 5.02 Å². The minimum absolute atomic E-state index is 0.454. The molecule has 0 bridgehead atoms. The van der Waals surface area contributed by atoms with E-state index in [1.165, 1.54) is 11.8 Å². The Morgan fingerprint density at radius 1 is 1.27 bits per heavy atom. The van der Waals surface area contributed by atoms with Gasteiger partial charge in [0.25, 0.3) is 5.78 Å². The Labute approximate surface area is 137 Å². The lowest BCUT2D eigenvalue weighted by molar-refractivity contribution is 0.204. The third-order valence-electron chi connectivity index (χ3n) is 3.20. The first-order chi connectivity index (χ1) is 10.5. The Morgan fingerprint density at radius 2 is 2.09 bits per heavy atom. The predicted octanol–water partition coefficient (Wildman–Crippen LogP) is 3.22. The number of aromatic nitrogens is 4. The second-order valence-electron chi connectivity index (χ2n) is 5.03. The third kappa shape index (κ3) is 3.24. The smallest absolute Gasteiger partial charge is 0.253 e. The first kappa shape index (κ1) is 15.3. The van der Waals surface area contributed by atoms with E-state index < -0.39 is 6.10 Å². The van der Waals surface area contributed by atoms with Crippen molar-refractivity contribution in [1.29, 1.82) is 0 Å². The van der Waals surface area contributed by atoms with Gasteiger partial charge in [-0.2, -0.15) is 4.98 Å². The lowest BCUT2D eigenvalue weighted by atomic mass is 10.1. The lowest BCUT2D eigenvalue weighted by Gasteiger charge is -2.09. The van der Waals surface area contributed by atoms with Crippen molar-refractivity contribution < 1.29 is 5.11 Å². The highest BCUT2D eigenvalue weighted by Crippen LogP contribution is 2.24. The van der Waals surface area contributed by atoms with Gasteiger partial charge in [0.05, 0.1) is 6.10 Å². The van der Waals surface area contributed by atoms with Crippen molar-refractivity contribution in [1.82, 2.24) is 19.6 Å². The molecule has 0 saturated heterocycles. The van der Waals surface area contributed by atoms with Crippen LogP contribution in [0, 0.1) is 13.8 Å². The first-order valence-electron chi connectivity index (χ1n) is 6.80. The fourth-order valence-electron chi connectivity index (χ4n) is 2.17. The lowest BCUT2D eigenvalue weighted by Crippen LogP contribution is -2.00. The van der Waals surface area contributed by atoms with Crippen LogP contribution in [0.4, 0.5) is 0 Å². The molecule has 0 amide bonds. The molecule has 0 aliphatic rings. The van der Waals surface area contributed by atoms with E-state index in [9.17, 15) is 5.11 Å². The minimum atomic E-state index is -0.619. The Balaban J connectivity index is 1.75. The number of aliphatic hydroxyl groups is 1. The summed E-state index contributed by atoms with van der Waals surface area (Å²) in [7, 11) is 0. The van der Waals surface area contributed by atoms with Crippen molar-refractivity contribution in [3.63, 3.8) is 0 Å². The molecule has 1 atom stereocenters. The van der Waals surface area contributed by atoms with Crippen LogP contribution in [-0.2, 0) is 0 Å². The molecule has 3 rings (SSSR count). The molecule has 2 aromatic heterocycles. The Morgan fingerprint density at radius 3 is 2.86 bits per heavy atom. The third-order valence-corrected chi connectivity index (χ3v) is 4.35. The molecular formula is C15H15ClN4OS. The van der Waals surface area contributed by atoms with Crippen LogP contribution < -0.4 is 0 Å². The number of aliphatic hydroxyl groups excluding tert-OH is 1. The van der Waals surface area contributed by atoms with E-state index >= 15 is 0 Å². The van der Waals surface area contributed by atoms with Gasteiger partial charge in [0.1, 0.15) is 0 Å². The normalized spacial score (nSPS) is 12.7. The van der Waals surface area contributed by atoms with Crippen molar-refractivity contribution in [2.24, 2.45) is 0 Å². The van der Waals surface area contributed by atoms with Gasteiger partial charge in [0.2, 0.25) is 5.16 Å². The second-order valence-corrected chi connectivity index (χ2v) is 6.45. The van der Waals surface area contributed by atoms with E-state index in [0.29, 0.717) is 21.7 Å². The van der Waals surface area contributed by atoms with Crippen LogP contribution in [-0.4, -0.2) is 30.4 Å². The monoisotopic (exact) mass is 334 g/mol. The van der Waals surface area contributed by atoms with Crippen molar-refractivity contribution in [2.45, 2.75) is 25.1 Å². The van der Waals surface area contributed by atoms with Gasteiger partial charge >= 0.3 is 0 Å². The Kier molecular flexibility index (Phi) is 4.33. The van der Waals surface area contributed by atoms with E-state index in [2.05, 4.69) is 15.1 Å². The maximum absolute atomic E-state index is 10.2. The van der Waals surface area contributed by atoms with E-state index in [0.717, 1.165) is 17.0 Å². The average Bonchev–Trinajstić information content (AvgIpc) is 2.88. The van der Waals surface area contributed by atoms with Gasteiger partial charge in [0, 0.05) is 22.2 Å². The zero-order valence-corrected chi connectivity index (χ0v) is 13.8.